The molecule has 0 saturated carbocycles. The van der Waals surface area contributed by atoms with Crippen molar-refractivity contribution < 1.29 is 13.2 Å². The van der Waals surface area contributed by atoms with Crippen molar-refractivity contribution in [2.45, 2.75) is 24.8 Å². The van der Waals surface area contributed by atoms with Crippen LogP contribution in [-0.4, -0.2) is 37.0 Å². The quantitative estimate of drug-likeness (QED) is 0.815. The second-order valence-corrected chi connectivity index (χ2v) is 7.37. The molecule has 1 heterocycles. The molecule has 0 atom stereocenters. The maximum atomic E-state index is 12.7. The summed E-state index contributed by atoms with van der Waals surface area (Å²) in [5.41, 5.74) is 0.955. The van der Waals surface area contributed by atoms with Crippen molar-refractivity contribution in [3.05, 3.63) is 59.9 Å². The topological polar surface area (TPSA) is 67.3 Å². The van der Waals surface area contributed by atoms with E-state index in [1.54, 1.807) is 44.4 Å². The second-order valence-electron chi connectivity index (χ2n) is 5.30. The molecule has 6 heteroatoms. The first kappa shape index (κ1) is 17.1. The number of carbonyl (C=O) groups excluding carboxylic acids is 1. The third kappa shape index (κ3) is 4.16. The van der Waals surface area contributed by atoms with Crippen molar-refractivity contribution in [1.29, 1.82) is 0 Å². The SMILES string of the molecule is CCCS(=O)(=O)c1ccccc1C(=O)N(C)Cc1ccccn1. The molecule has 0 spiro atoms. The smallest absolute Gasteiger partial charge is 0.255 e. The lowest BCUT2D eigenvalue weighted by Crippen LogP contribution is -2.28. The molecule has 5 nitrogen and oxygen atoms in total. The van der Waals surface area contributed by atoms with E-state index in [1.807, 2.05) is 12.1 Å². The van der Waals surface area contributed by atoms with Gasteiger partial charge in [-0.1, -0.05) is 25.1 Å². The fraction of sp³-hybridized carbons (Fsp3) is 0.294. The van der Waals surface area contributed by atoms with Gasteiger partial charge in [0.15, 0.2) is 9.84 Å². The molecule has 23 heavy (non-hydrogen) atoms. The van der Waals surface area contributed by atoms with E-state index >= 15 is 0 Å². The number of pyridine rings is 1. The van der Waals surface area contributed by atoms with Crippen LogP contribution in [0, 0.1) is 0 Å². The number of rotatable bonds is 6. The van der Waals surface area contributed by atoms with Gasteiger partial charge in [0, 0.05) is 13.2 Å². The largest absolute Gasteiger partial charge is 0.336 e. The summed E-state index contributed by atoms with van der Waals surface area (Å²) in [5.74, 6) is -0.299. The van der Waals surface area contributed by atoms with E-state index < -0.39 is 9.84 Å². The zero-order chi connectivity index (χ0) is 16.9. The first-order chi connectivity index (χ1) is 11.0. The Morgan fingerprint density at radius 1 is 1.13 bits per heavy atom. The van der Waals surface area contributed by atoms with Crippen LogP contribution in [0.4, 0.5) is 0 Å². The first-order valence-corrected chi connectivity index (χ1v) is 9.08. The van der Waals surface area contributed by atoms with Crippen molar-refractivity contribution in [1.82, 2.24) is 9.88 Å². The third-order valence-corrected chi connectivity index (χ3v) is 5.37. The Balaban J connectivity index is 2.29. The van der Waals surface area contributed by atoms with Crippen LogP contribution in [0.15, 0.2) is 53.6 Å². The summed E-state index contributed by atoms with van der Waals surface area (Å²) >= 11 is 0. The molecule has 1 aromatic carbocycles. The average Bonchev–Trinajstić information content (AvgIpc) is 2.55. The van der Waals surface area contributed by atoms with Crippen molar-refractivity contribution in [3.8, 4) is 0 Å². The van der Waals surface area contributed by atoms with Crippen LogP contribution in [0.25, 0.3) is 0 Å². The zero-order valence-electron chi connectivity index (χ0n) is 13.3. The minimum Gasteiger partial charge on any atom is -0.336 e. The maximum Gasteiger partial charge on any atom is 0.255 e. The van der Waals surface area contributed by atoms with Crippen LogP contribution in [0.2, 0.25) is 0 Å². The second kappa shape index (κ2) is 7.37. The number of sulfone groups is 1. The standard InChI is InChI=1S/C17H20N2O3S/c1-3-12-23(21,22)16-10-5-4-9-15(16)17(20)19(2)13-14-8-6-7-11-18-14/h4-11H,3,12-13H2,1-2H3. The summed E-state index contributed by atoms with van der Waals surface area (Å²) in [7, 11) is -1.82. The van der Waals surface area contributed by atoms with Gasteiger partial charge in [-0.25, -0.2) is 8.42 Å². The first-order valence-electron chi connectivity index (χ1n) is 7.43. The Hall–Kier alpha value is -2.21. The molecule has 0 bridgehead atoms. The zero-order valence-corrected chi connectivity index (χ0v) is 14.1. The highest BCUT2D eigenvalue weighted by Crippen LogP contribution is 2.19. The fourth-order valence-corrected chi connectivity index (χ4v) is 3.84. The minimum absolute atomic E-state index is 0.0290. The molecule has 1 aromatic heterocycles. The summed E-state index contributed by atoms with van der Waals surface area (Å²) in [6, 6.07) is 11.8. The monoisotopic (exact) mass is 332 g/mol. The van der Waals surface area contributed by atoms with Crippen molar-refractivity contribution in [2.75, 3.05) is 12.8 Å². The number of amides is 1. The van der Waals surface area contributed by atoms with Crippen molar-refractivity contribution in [2.24, 2.45) is 0 Å². The molecule has 2 rings (SSSR count). The van der Waals surface area contributed by atoms with Crippen LogP contribution in [0.1, 0.15) is 29.4 Å². The van der Waals surface area contributed by atoms with Crippen molar-refractivity contribution >= 4 is 15.7 Å². The van der Waals surface area contributed by atoms with E-state index in [0.29, 0.717) is 13.0 Å². The van der Waals surface area contributed by atoms with Gasteiger partial charge in [0.05, 0.1) is 28.5 Å². The number of carbonyl (C=O) groups is 1. The molecule has 0 saturated heterocycles. The summed E-state index contributed by atoms with van der Waals surface area (Å²) in [6.07, 6.45) is 2.17. The lowest BCUT2D eigenvalue weighted by atomic mass is 10.2. The Morgan fingerprint density at radius 2 is 1.83 bits per heavy atom. The lowest BCUT2D eigenvalue weighted by Gasteiger charge is -2.18. The molecule has 1 amide bonds. The molecular weight excluding hydrogens is 312 g/mol. The normalized spacial score (nSPS) is 11.2. The van der Waals surface area contributed by atoms with E-state index in [1.165, 1.54) is 11.0 Å². The summed E-state index contributed by atoms with van der Waals surface area (Å²) in [5, 5.41) is 0. The third-order valence-electron chi connectivity index (χ3n) is 3.40. The predicted molar refractivity (Wildman–Crippen MR) is 88.8 cm³/mol. The molecule has 0 aliphatic carbocycles. The van der Waals surface area contributed by atoms with E-state index in [9.17, 15) is 13.2 Å². The number of hydrogen-bond donors (Lipinski definition) is 0. The number of nitrogens with zero attached hydrogens (tertiary/aromatic N) is 2. The Morgan fingerprint density at radius 3 is 2.48 bits per heavy atom. The predicted octanol–water partition coefficient (Wildman–Crippen LogP) is 2.54. The number of benzene rings is 1. The summed E-state index contributed by atoms with van der Waals surface area (Å²) in [4.78, 5) is 18.4. The molecule has 0 fully saturated rings. The molecule has 0 unspecified atom stereocenters. The Kier molecular flexibility index (Phi) is 5.50. The molecule has 0 radical (unpaired) electrons. The van der Waals surface area contributed by atoms with Gasteiger partial charge in [0.1, 0.15) is 0 Å². The minimum atomic E-state index is -3.46. The van der Waals surface area contributed by atoms with Crippen LogP contribution >= 0.6 is 0 Å². The van der Waals surface area contributed by atoms with E-state index in [0.717, 1.165) is 5.69 Å². The van der Waals surface area contributed by atoms with Gasteiger partial charge in [0.2, 0.25) is 0 Å². The van der Waals surface area contributed by atoms with Gasteiger partial charge in [-0.05, 0) is 30.7 Å². The van der Waals surface area contributed by atoms with Crippen LogP contribution < -0.4 is 0 Å². The van der Waals surface area contributed by atoms with Gasteiger partial charge >= 0.3 is 0 Å². The van der Waals surface area contributed by atoms with Gasteiger partial charge in [-0.15, -0.1) is 0 Å². The van der Waals surface area contributed by atoms with Crippen LogP contribution in [-0.2, 0) is 16.4 Å². The highest BCUT2D eigenvalue weighted by molar-refractivity contribution is 7.91. The molecule has 0 aliphatic rings. The lowest BCUT2D eigenvalue weighted by molar-refractivity contribution is 0.0779. The van der Waals surface area contributed by atoms with E-state index in [4.69, 9.17) is 0 Å². The molecule has 0 aliphatic heterocycles. The highest BCUT2D eigenvalue weighted by atomic mass is 32.2. The van der Waals surface area contributed by atoms with E-state index in [-0.39, 0.29) is 22.1 Å². The molecular formula is C17H20N2O3S. The van der Waals surface area contributed by atoms with Crippen LogP contribution in [0.5, 0.6) is 0 Å². The molecule has 2 aromatic rings. The average molecular weight is 332 g/mol. The number of hydrogen-bond acceptors (Lipinski definition) is 4. The fourth-order valence-electron chi connectivity index (χ4n) is 2.31. The summed E-state index contributed by atoms with van der Waals surface area (Å²) < 4.78 is 24.7. The number of aromatic nitrogens is 1. The molecule has 0 N–H and O–H groups in total. The van der Waals surface area contributed by atoms with Gasteiger partial charge in [0.25, 0.3) is 5.91 Å². The summed E-state index contributed by atoms with van der Waals surface area (Å²) in [6.45, 7) is 2.12. The van der Waals surface area contributed by atoms with Gasteiger partial charge in [-0.2, -0.15) is 0 Å². The van der Waals surface area contributed by atoms with Gasteiger partial charge in [-0.3, -0.25) is 9.78 Å². The van der Waals surface area contributed by atoms with Crippen LogP contribution in [0.3, 0.4) is 0 Å². The van der Waals surface area contributed by atoms with Gasteiger partial charge < -0.3 is 4.90 Å². The Bertz CT molecular complexity index is 773. The Labute approximate surface area is 136 Å². The molecule has 122 valence electrons. The van der Waals surface area contributed by atoms with Crippen molar-refractivity contribution in [3.63, 3.8) is 0 Å². The highest BCUT2D eigenvalue weighted by Gasteiger charge is 2.23. The van der Waals surface area contributed by atoms with E-state index in [2.05, 4.69) is 4.98 Å². The maximum absolute atomic E-state index is 12.7.